The maximum absolute atomic E-state index is 12.3. The van der Waals surface area contributed by atoms with Gasteiger partial charge in [-0.25, -0.2) is 17.9 Å². The molecule has 10 heteroatoms. The van der Waals surface area contributed by atoms with Crippen LogP contribution in [0.25, 0.3) is 0 Å². The lowest BCUT2D eigenvalue weighted by Gasteiger charge is -2.31. The van der Waals surface area contributed by atoms with Crippen molar-refractivity contribution in [2.75, 3.05) is 19.7 Å². The molecule has 2 heterocycles. The molecule has 0 radical (unpaired) electrons. The summed E-state index contributed by atoms with van der Waals surface area (Å²) in [7, 11) is -3.71. The maximum atomic E-state index is 12.3. The summed E-state index contributed by atoms with van der Waals surface area (Å²) in [4.78, 5) is 13.2. The molecule has 0 saturated carbocycles. The van der Waals surface area contributed by atoms with Crippen LogP contribution in [-0.2, 0) is 14.8 Å². The topological polar surface area (TPSA) is 75.7 Å². The lowest BCUT2D eigenvalue weighted by molar-refractivity contribution is 0.0966. The van der Waals surface area contributed by atoms with E-state index in [0.29, 0.717) is 36.9 Å². The fourth-order valence-corrected chi connectivity index (χ4v) is 5.64. The molecule has 1 amide bonds. The Labute approximate surface area is 143 Å². The van der Waals surface area contributed by atoms with Gasteiger partial charge in [-0.2, -0.15) is 0 Å². The summed E-state index contributed by atoms with van der Waals surface area (Å²) < 4.78 is 32.6. The highest BCUT2D eigenvalue weighted by atomic mass is 35.5. The molecule has 6 nitrogen and oxygen atoms in total. The predicted octanol–water partition coefficient (Wildman–Crippen LogP) is 2.95. The summed E-state index contributed by atoms with van der Waals surface area (Å²) in [5, 5.41) is 0. The summed E-state index contributed by atoms with van der Waals surface area (Å²) >= 11 is 12.7. The summed E-state index contributed by atoms with van der Waals surface area (Å²) in [6, 6.07) is 1.09. The number of nitrogens with zero attached hydrogens (tertiary/aromatic N) is 1. The Kier molecular flexibility index (Phi) is 5.95. The largest absolute Gasteiger partial charge is 0.450 e. The minimum absolute atomic E-state index is 0.00279. The maximum Gasteiger partial charge on any atom is 0.409 e. The summed E-state index contributed by atoms with van der Waals surface area (Å²) in [6.07, 6.45) is 0.678. The third kappa shape index (κ3) is 4.26. The lowest BCUT2D eigenvalue weighted by Crippen LogP contribution is -2.46. The van der Waals surface area contributed by atoms with Crippen molar-refractivity contribution >= 4 is 50.7 Å². The lowest BCUT2D eigenvalue weighted by atomic mass is 10.1. The molecule has 1 aliphatic rings. The number of carbonyl (C=O) groups excluding carboxylic acids is 1. The summed E-state index contributed by atoms with van der Waals surface area (Å²) in [5.41, 5.74) is 0. The van der Waals surface area contributed by atoms with Crippen LogP contribution in [0.3, 0.4) is 0 Å². The Bertz CT molecular complexity index is 640. The number of sulfonamides is 1. The van der Waals surface area contributed by atoms with Crippen LogP contribution in [0, 0.1) is 0 Å². The Morgan fingerprint density at radius 1 is 1.45 bits per heavy atom. The van der Waals surface area contributed by atoms with E-state index in [9.17, 15) is 13.2 Å². The first kappa shape index (κ1) is 17.8. The Morgan fingerprint density at radius 3 is 2.59 bits per heavy atom. The van der Waals surface area contributed by atoms with Gasteiger partial charge in [0.25, 0.3) is 0 Å². The van der Waals surface area contributed by atoms with Gasteiger partial charge in [-0.15, -0.1) is 11.3 Å². The van der Waals surface area contributed by atoms with Gasteiger partial charge in [0.15, 0.2) is 0 Å². The van der Waals surface area contributed by atoms with Crippen molar-refractivity contribution in [2.45, 2.75) is 30.7 Å². The number of halogens is 2. The van der Waals surface area contributed by atoms with Gasteiger partial charge >= 0.3 is 6.09 Å². The second-order valence-corrected chi connectivity index (χ2v) is 8.74. The molecule has 1 fully saturated rings. The van der Waals surface area contributed by atoms with Gasteiger partial charge in [0, 0.05) is 19.1 Å². The van der Waals surface area contributed by atoms with Crippen LogP contribution < -0.4 is 4.72 Å². The van der Waals surface area contributed by atoms with E-state index in [1.54, 1.807) is 11.8 Å². The monoisotopic (exact) mass is 386 g/mol. The molecule has 0 spiro atoms. The van der Waals surface area contributed by atoms with Gasteiger partial charge in [-0.1, -0.05) is 23.2 Å². The minimum atomic E-state index is -3.71. The zero-order valence-electron chi connectivity index (χ0n) is 11.8. The number of carbonyl (C=O) groups is 1. The number of ether oxygens (including phenoxy) is 1. The number of hydrogen-bond acceptors (Lipinski definition) is 5. The van der Waals surface area contributed by atoms with Gasteiger partial charge in [-0.05, 0) is 25.8 Å². The van der Waals surface area contributed by atoms with Crippen LogP contribution >= 0.6 is 34.5 Å². The van der Waals surface area contributed by atoms with Gasteiger partial charge < -0.3 is 9.64 Å². The van der Waals surface area contributed by atoms with Crippen molar-refractivity contribution in [2.24, 2.45) is 0 Å². The van der Waals surface area contributed by atoms with Crippen molar-refractivity contribution in [1.82, 2.24) is 9.62 Å². The molecule has 0 aromatic carbocycles. The van der Waals surface area contributed by atoms with Crippen molar-refractivity contribution in [3.8, 4) is 0 Å². The molecule has 22 heavy (non-hydrogen) atoms. The molecule has 1 aromatic heterocycles. The number of likely N-dealkylation sites (tertiary alicyclic amines) is 1. The number of rotatable bonds is 4. The normalized spacial score (nSPS) is 16.8. The van der Waals surface area contributed by atoms with Crippen LogP contribution in [0.15, 0.2) is 11.0 Å². The van der Waals surface area contributed by atoms with Crippen molar-refractivity contribution in [3.05, 3.63) is 14.7 Å². The van der Waals surface area contributed by atoms with Gasteiger partial charge in [0.05, 0.1) is 10.9 Å². The van der Waals surface area contributed by atoms with E-state index >= 15 is 0 Å². The number of thiophene rings is 1. The van der Waals surface area contributed by atoms with Crippen LogP contribution in [0.5, 0.6) is 0 Å². The Hall–Kier alpha value is -0.540. The number of piperidine rings is 1. The zero-order chi connectivity index (χ0) is 16.3. The van der Waals surface area contributed by atoms with Crippen LogP contribution in [0.2, 0.25) is 8.67 Å². The fraction of sp³-hybridized carbons (Fsp3) is 0.583. The highest BCUT2D eigenvalue weighted by Gasteiger charge is 2.29. The van der Waals surface area contributed by atoms with Crippen LogP contribution in [0.4, 0.5) is 4.79 Å². The first-order valence-electron chi connectivity index (χ1n) is 6.72. The smallest absolute Gasteiger partial charge is 0.409 e. The Balaban J connectivity index is 1.96. The highest BCUT2D eigenvalue weighted by Crippen LogP contribution is 2.34. The molecule has 0 unspecified atom stereocenters. The van der Waals surface area contributed by atoms with Gasteiger partial charge in [0.1, 0.15) is 9.23 Å². The minimum Gasteiger partial charge on any atom is -0.450 e. The summed E-state index contributed by atoms with van der Waals surface area (Å²) in [6.45, 7) is 2.96. The van der Waals surface area contributed by atoms with Crippen LogP contribution in [-0.4, -0.2) is 45.1 Å². The molecule has 124 valence electrons. The summed E-state index contributed by atoms with van der Waals surface area (Å²) in [5.74, 6) is 0. The van der Waals surface area contributed by atoms with Crippen molar-refractivity contribution in [1.29, 1.82) is 0 Å². The zero-order valence-corrected chi connectivity index (χ0v) is 15.0. The molecule has 1 aromatic rings. The Morgan fingerprint density at radius 2 is 2.09 bits per heavy atom. The van der Waals surface area contributed by atoms with Crippen molar-refractivity contribution < 1.29 is 17.9 Å². The first-order chi connectivity index (χ1) is 10.3. The fourth-order valence-electron chi connectivity index (χ4n) is 2.19. The van der Waals surface area contributed by atoms with Crippen molar-refractivity contribution in [3.63, 3.8) is 0 Å². The molecule has 0 aliphatic carbocycles. The second-order valence-electron chi connectivity index (χ2n) is 4.77. The van der Waals surface area contributed by atoms with Gasteiger partial charge in [-0.3, -0.25) is 0 Å². The van der Waals surface area contributed by atoms with E-state index in [1.165, 1.54) is 6.07 Å². The number of hydrogen-bond donors (Lipinski definition) is 1. The van der Waals surface area contributed by atoms with E-state index in [4.69, 9.17) is 27.9 Å². The average Bonchev–Trinajstić information content (AvgIpc) is 2.79. The highest BCUT2D eigenvalue weighted by molar-refractivity contribution is 7.89. The molecule has 1 aliphatic heterocycles. The van der Waals surface area contributed by atoms with E-state index < -0.39 is 10.0 Å². The second kappa shape index (κ2) is 7.35. The average molecular weight is 387 g/mol. The predicted molar refractivity (Wildman–Crippen MR) is 86.3 cm³/mol. The third-order valence-electron chi connectivity index (χ3n) is 3.26. The molecule has 0 atom stereocenters. The molecule has 2 rings (SSSR count). The van der Waals surface area contributed by atoms with E-state index in [0.717, 1.165) is 11.3 Å². The SMILES string of the molecule is CCOC(=O)N1CCC(NS(=O)(=O)c2cc(Cl)sc2Cl)CC1. The van der Waals surface area contributed by atoms with Gasteiger partial charge in [0.2, 0.25) is 10.0 Å². The molecular weight excluding hydrogens is 371 g/mol. The number of nitrogens with one attached hydrogen (secondary N) is 1. The number of amides is 1. The standard InChI is InChI=1S/C12H16Cl2N2O4S2/c1-2-20-12(17)16-5-3-8(4-6-16)15-22(18,19)9-7-10(13)21-11(9)14/h7-8,15H,2-6H2,1H3. The van der Waals surface area contributed by atoms with E-state index in [2.05, 4.69) is 4.72 Å². The third-order valence-corrected chi connectivity index (χ3v) is 6.53. The molecular formula is C12H16Cl2N2O4S2. The van der Waals surface area contributed by atoms with Crippen LogP contribution in [0.1, 0.15) is 19.8 Å². The van der Waals surface area contributed by atoms with E-state index in [1.807, 2.05) is 0 Å². The first-order valence-corrected chi connectivity index (χ1v) is 9.78. The molecule has 1 saturated heterocycles. The molecule has 1 N–H and O–H groups in total. The molecule has 0 bridgehead atoms. The quantitative estimate of drug-likeness (QED) is 0.862. The van der Waals surface area contributed by atoms with E-state index in [-0.39, 0.29) is 21.4 Å².